The predicted octanol–water partition coefficient (Wildman–Crippen LogP) is 2.42. The monoisotopic (exact) mass is 326 g/mol. The summed E-state index contributed by atoms with van der Waals surface area (Å²) in [6.07, 6.45) is 3.21. The van der Waals surface area contributed by atoms with Gasteiger partial charge in [0.05, 0.1) is 0 Å². The number of nitrogens with zero attached hydrogens (tertiary/aromatic N) is 3. The summed E-state index contributed by atoms with van der Waals surface area (Å²) < 4.78 is 5.32. The first kappa shape index (κ1) is 15.3. The molecule has 1 aromatic carbocycles. The van der Waals surface area contributed by atoms with Crippen molar-refractivity contribution in [1.29, 1.82) is 0 Å². The van der Waals surface area contributed by atoms with Gasteiger partial charge in [-0.2, -0.15) is 4.98 Å². The van der Waals surface area contributed by atoms with E-state index in [1.807, 2.05) is 29.2 Å². The second kappa shape index (κ2) is 6.02. The van der Waals surface area contributed by atoms with E-state index in [0.29, 0.717) is 35.7 Å². The number of aromatic nitrogens is 2. The molecule has 6 nitrogen and oxygen atoms in total. The van der Waals surface area contributed by atoms with Gasteiger partial charge in [0.25, 0.3) is 5.91 Å². The molecule has 1 aromatic heterocycles. The summed E-state index contributed by atoms with van der Waals surface area (Å²) in [5.74, 6) is 2.13. The van der Waals surface area contributed by atoms with Gasteiger partial charge in [0.15, 0.2) is 0 Å². The van der Waals surface area contributed by atoms with E-state index in [0.717, 1.165) is 31.4 Å². The van der Waals surface area contributed by atoms with Crippen LogP contribution in [0.2, 0.25) is 0 Å². The average Bonchev–Trinajstić information content (AvgIpc) is 3.21. The molecule has 2 aliphatic rings. The van der Waals surface area contributed by atoms with E-state index in [1.54, 1.807) is 0 Å². The van der Waals surface area contributed by atoms with Crippen molar-refractivity contribution in [2.75, 3.05) is 13.1 Å². The van der Waals surface area contributed by atoms with Crippen LogP contribution in [0.5, 0.6) is 0 Å². The van der Waals surface area contributed by atoms with E-state index in [2.05, 4.69) is 17.1 Å². The predicted molar refractivity (Wildman–Crippen MR) is 89.4 cm³/mol. The summed E-state index contributed by atoms with van der Waals surface area (Å²) in [6, 6.07) is 7.70. The lowest BCUT2D eigenvalue weighted by atomic mass is 10.1. The Kier molecular flexibility index (Phi) is 3.84. The van der Waals surface area contributed by atoms with Crippen LogP contribution in [0.3, 0.4) is 0 Å². The third-order valence-corrected chi connectivity index (χ3v) is 4.99. The molecule has 1 aliphatic heterocycles. The summed E-state index contributed by atoms with van der Waals surface area (Å²) in [7, 11) is 0. The van der Waals surface area contributed by atoms with E-state index in [4.69, 9.17) is 10.3 Å². The van der Waals surface area contributed by atoms with Crippen LogP contribution in [0, 0.1) is 5.92 Å². The highest BCUT2D eigenvalue weighted by molar-refractivity contribution is 5.95. The average molecular weight is 326 g/mol. The molecule has 2 heterocycles. The number of amides is 1. The quantitative estimate of drug-likeness (QED) is 0.932. The van der Waals surface area contributed by atoms with Crippen LogP contribution in [-0.2, 0) is 0 Å². The van der Waals surface area contributed by atoms with Gasteiger partial charge in [-0.15, -0.1) is 0 Å². The molecule has 4 rings (SSSR count). The molecular formula is C18H22N4O2. The third-order valence-electron chi connectivity index (χ3n) is 4.99. The Hall–Kier alpha value is -2.21. The zero-order valence-corrected chi connectivity index (χ0v) is 13.8. The standard InChI is InChI=1S/C18H22N4O2/c1-11-7-12(9-19)10-22(11)18(23)15-4-2-3-14(8-15)16-20-17(24-21-16)13-5-6-13/h2-4,8,11-13H,5-7,9-10,19H2,1H3. The van der Waals surface area contributed by atoms with Gasteiger partial charge in [-0.1, -0.05) is 17.3 Å². The van der Waals surface area contributed by atoms with Crippen molar-refractivity contribution in [3.63, 3.8) is 0 Å². The van der Waals surface area contributed by atoms with Crippen molar-refractivity contribution in [3.05, 3.63) is 35.7 Å². The molecule has 2 unspecified atom stereocenters. The van der Waals surface area contributed by atoms with E-state index in [-0.39, 0.29) is 11.9 Å². The highest BCUT2D eigenvalue weighted by atomic mass is 16.5. The molecule has 126 valence electrons. The molecule has 2 fully saturated rings. The zero-order chi connectivity index (χ0) is 16.7. The maximum absolute atomic E-state index is 12.8. The highest BCUT2D eigenvalue weighted by Crippen LogP contribution is 2.39. The zero-order valence-electron chi connectivity index (χ0n) is 13.8. The fourth-order valence-electron chi connectivity index (χ4n) is 3.40. The summed E-state index contributed by atoms with van der Waals surface area (Å²) in [5.41, 5.74) is 7.24. The smallest absolute Gasteiger partial charge is 0.254 e. The summed E-state index contributed by atoms with van der Waals surface area (Å²) in [6.45, 7) is 3.44. The highest BCUT2D eigenvalue weighted by Gasteiger charge is 2.32. The minimum atomic E-state index is 0.0474. The van der Waals surface area contributed by atoms with E-state index < -0.39 is 0 Å². The molecule has 1 saturated carbocycles. The van der Waals surface area contributed by atoms with Crippen LogP contribution in [0.4, 0.5) is 0 Å². The number of nitrogens with two attached hydrogens (primary N) is 1. The molecule has 0 bridgehead atoms. The van der Waals surface area contributed by atoms with Gasteiger partial charge in [0.1, 0.15) is 0 Å². The maximum Gasteiger partial charge on any atom is 0.254 e. The number of hydrogen-bond donors (Lipinski definition) is 1. The van der Waals surface area contributed by atoms with Gasteiger partial charge in [-0.3, -0.25) is 4.79 Å². The third kappa shape index (κ3) is 2.82. The Balaban J connectivity index is 1.56. The van der Waals surface area contributed by atoms with Crippen molar-refractivity contribution in [3.8, 4) is 11.4 Å². The van der Waals surface area contributed by atoms with Gasteiger partial charge in [-0.25, -0.2) is 0 Å². The second-order valence-electron chi connectivity index (χ2n) is 6.96. The number of carbonyl (C=O) groups is 1. The van der Waals surface area contributed by atoms with E-state index >= 15 is 0 Å². The van der Waals surface area contributed by atoms with Gasteiger partial charge in [0, 0.05) is 29.6 Å². The Morgan fingerprint density at radius 1 is 1.42 bits per heavy atom. The molecule has 1 amide bonds. The molecular weight excluding hydrogens is 304 g/mol. The first-order chi connectivity index (χ1) is 11.7. The summed E-state index contributed by atoms with van der Waals surface area (Å²) in [4.78, 5) is 19.2. The lowest BCUT2D eigenvalue weighted by Crippen LogP contribution is -2.34. The molecule has 0 radical (unpaired) electrons. The SMILES string of the molecule is CC1CC(CN)CN1C(=O)c1cccc(-c2noc(C3CC3)n2)c1. The molecule has 2 aromatic rings. The van der Waals surface area contributed by atoms with Crippen LogP contribution in [-0.4, -0.2) is 40.1 Å². The topological polar surface area (TPSA) is 85.2 Å². The van der Waals surface area contributed by atoms with Crippen LogP contribution >= 0.6 is 0 Å². The Morgan fingerprint density at radius 2 is 2.25 bits per heavy atom. The number of carbonyl (C=O) groups excluding carboxylic acids is 1. The van der Waals surface area contributed by atoms with Crippen molar-refractivity contribution < 1.29 is 9.32 Å². The molecule has 0 spiro atoms. The minimum absolute atomic E-state index is 0.0474. The first-order valence-electron chi connectivity index (χ1n) is 8.60. The van der Waals surface area contributed by atoms with Gasteiger partial charge in [-0.05, 0) is 50.8 Å². The number of benzene rings is 1. The Morgan fingerprint density at radius 3 is 2.96 bits per heavy atom. The fourth-order valence-corrected chi connectivity index (χ4v) is 3.40. The van der Waals surface area contributed by atoms with Crippen molar-refractivity contribution in [2.24, 2.45) is 11.7 Å². The normalized spacial score (nSPS) is 23.7. The Labute approximate surface area is 141 Å². The molecule has 1 saturated heterocycles. The van der Waals surface area contributed by atoms with Crippen molar-refractivity contribution >= 4 is 5.91 Å². The van der Waals surface area contributed by atoms with Crippen LogP contribution in [0.15, 0.2) is 28.8 Å². The van der Waals surface area contributed by atoms with Crippen molar-refractivity contribution in [1.82, 2.24) is 15.0 Å². The summed E-state index contributed by atoms with van der Waals surface area (Å²) in [5, 5.41) is 4.06. The molecule has 6 heteroatoms. The lowest BCUT2D eigenvalue weighted by Gasteiger charge is -2.21. The Bertz CT molecular complexity index is 753. The molecule has 2 N–H and O–H groups in total. The van der Waals surface area contributed by atoms with Crippen LogP contribution in [0.1, 0.15) is 48.4 Å². The van der Waals surface area contributed by atoms with Crippen LogP contribution < -0.4 is 5.73 Å². The number of rotatable bonds is 4. The summed E-state index contributed by atoms with van der Waals surface area (Å²) >= 11 is 0. The maximum atomic E-state index is 12.8. The minimum Gasteiger partial charge on any atom is -0.339 e. The van der Waals surface area contributed by atoms with Gasteiger partial charge in [0.2, 0.25) is 11.7 Å². The number of hydrogen-bond acceptors (Lipinski definition) is 5. The lowest BCUT2D eigenvalue weighted by molar-refractivity contribution is 0.0743. The van der Waals surface area contributed by atoms with E-state index in [9.17, 15) is 4.79 Å². The van der Waals surface area contributed by atoms with E-state index in [1.165, 1.54) is 0 Å². The van der Waals surface area contributed by atoms with Gasteiger partial charge >= 0.3 is 0 Å². The largest absolute Gasteiger partial charge is 0.339 e. The second-order valence-corrected chi connectivity index (χ2v) is 6.96. The fraction of sp³-hybridized carbons (Fsp3) is 0.500. The van der Waals surface area contributed by atoms with Crippen molar-refractivity contribution in [2.45, 2.75) is 38.1 Å². The first-order valence-corrected chi connectivity index (χ1v) is 8.60. The molecule has 2 atom stereocenters. The van der Waals surface area contributed by atoms with Crippen LogP contribution in [0.25, 0.3) is 11.4 Å². The molecule has 1 aliphatic carbocycles. The molecule has 24 heavy (non-hydrogen) atoms. The number of likely N-dealkylation sites (tertiary alicyclic amines) is 1. The van der Waals surface area contributed by atoms with Gasteiger partial charge < -0.3 is 15.2 Å².